The Bertz CT molecular complexity index is 617. The van der Waals surface area contributed by atoms with Gasteiger partial charge in [0.15, 0.2) is 0 Å². The minimum absolute atomic E-state index is 0.168. The highest BCUT2D eigenvalue weighted by atomic mass is 79.9. The van der Waals surface area contributed by atoms with Gasteiger partial charge in [-0.25, -0.2) is 10.2 Å². The number of nitrogens with zero attached hydrogens (tertiary/aromatic N) is 1. The van der Waals surface area contributed by atoms with Crippen molar-refractivity contribution in [3.63, 3.8) is 0 Å². The summed E-state index contributed by atoms with van der Waals surface area (Å²) >= 11 is 3.30. The number of hydrazine groups is 1. The van der Waals surface area contributed by atoms with E-state index in [4.69, 9.17) is 0 Å². The second-order valence-corrected chi connectivity index (χ2v) is 5.08. The number of urea groups is 1. The van der Waals surface area contributed by atoms with E-state index in [9.17, 15) is 9.59 Å². The maximum atomic E-state index is 11.6. The zero-order chi connectivity index (χ0) is 15.1. The van der Waals surface area contributed by atoms with Crippen LogP contribution in [0.4, 0.5) is 10.5 Å². The molecule has 0 radical (unpaired) electrons. The topological polar surface area (TPSA) is 83.1 Å². The molecular formula is C14H13BrN4O2. The van der Waals surface area contributed by atoms with Gasteiger partial charge in [0.05, 0.1) is 6.42 Å². The van der Waals surface area contributed by atoms with E-state index >= 15 is 0 Å². The highest BCUT2D eigenvalue weighted by Crippen LogP contribution is 2.13. The van der Waals surface area contributed by atoms with E-state index in [1.54, 1.807) is 48.8 Å². The first-order valence-corrected chi connectivity index (χ1v) is 6.93. The number of nitrogens with one attached hydrogen (secondary N) is 3. The van der Waals surface area contributed by atoms with E-state index < -0.39 is 6.03 Å². The Morgan fingerprint density at radius 2 is 1.67 bits per heavy atom. The molecule has 0 fully saturated rings. The van der Waals surface area contributed by atoms with E-state index in [0.29, 0.717) is 5.69 Å². The molecule has 0 aliphatic rings. The Morgan fingerprint density at radius 3 is 2.33 bits per heavy atom. The van der Waals surface area contributed by atoms with Gasteiger partial charge in [-0.3, -0.25) is 15.2 Å². The summed E-state index contributed by atoms with van der Waals surface area (Å²) in [6, 6.07) is 10.0. The molecule has 108 valence electrons. The minimum atomic E-state index is -0.514. The summed E-state index contributed by atoms with van der Waals surface area (Å²) in [5, 5.41) is 2.59. The number of anilines is 1. The quantitative estimate of drug-likeness (QED) is 0.743. The molecule has 0 aliphatic carbocycles. The van der Waals surface area contributed by atoms with Crippen LogP contribution in [0.1, 0.15) is 5.56 Å². The lowest BCUT2D eigenvalue weighted by molar-refractivity contribution is -0.121. The van der Waals surface area contributed by atoms with Crippen molar-refractivity contribution in [2.45, 2.75) is 6.42 Å². The van der Waals surface area contributed by atoms with Crippen molar-refractivity contribution < 1.29 is 9.59 Å². The summed E-state index contributed by atoms with van der Waals surface area (Å²) in [7, 11) is 0. The molecule has 0 atom stereocenters. The molecule has 3 N–H and O–H groups in total. The van der Waals surface area contributed by atoms with Gasteiger partial charge < -0.3 is 5.32 Å². The van der Waals surface area contributed by atoms with Crippen molar-refractivity contribution in [1.82, 2.24) is 15.8 Å². The normalized spacial score (nSPS) is 9.76. The van der Waals surface area contributed by atoms with E-state index in [1.165, 1.54) is 0 Å². The number of rotatable bonds is 3. The summed E-state index contributed by atoms with van der Waals surface area (Å²) in [6.07, 6.45) is 3.38. The molecular weight excluding hydrogens is 336 g/mol. The molecule has 0 saturated heterocycles. The third-order valence-electron chi connectivity index (χ3n) is 2.53. The first-order chi connectivity index (χ1) is 10.1. The molecule has 21 heavy (non-hydrogen) atoms. The monoisotopic (exact) mass is 348 g/mol. The van der Waals surface area contributed by atoms with Crippen LogP contribution in [0, 0.1) is 0 Å². The van der Waals surface area contributed by atoms with Crippen LogP contribution in [0.15, 0.2) is 53.3 Å². The van der Waals surface area contributed by atoms with E-state index in [2.05, 4.69) is 37.1 Å². The van der Waals surface area contributed by atoms with Crippen LogP contribution in [0.25, 0.3) is 0 Å². The van der Waals surface area contributed by atoms with Crippen molar-refractivity contribution in [2.24, 2.45) is 0 Å². The lowest BCUT2D eigenvalue weighted by Gasteiger charge is -2.09. The second-order valence-electron chi connectivity index (χ2n) is 4.17. The van der Waals surface area contributed by atoms with Crippen LogP contribution in [0.2, 0.25) is 0 Å². The maximum Gasteiger partial charge on any atom is 0.337 e. The summed E-state index contributed by atoms with van der Waals surface area (Å²) in [5.74, 6) is -0.313. The van der Waals surface area contributed by atoms with Gasteiger partial charge in [-0.15, -0.1) is 0 Å². The van der Waals surface area contributed by atoms with E-state index in [1.807, 2.05) is 0 Å². The zero-order valence-corrected chi connectivity index (χ0v) is 12.6. The lowest BCUT2D eigenvalue weighted by atomic mass is 10.2. The molecule has 1 aromatic heterocycles. The predicted octanol–water partition coefficient (Wildman–Crippen LogP) is 2.24. The second kappa shape index (κ2) is 7.39. The summed E-state index contributed by atoms with van der Waals surface area (Å²) < 4.78 is 0.916. The van der Waals surface area contributed by atoms with E-state index in [-0.39, 0.29) is 12.3 Å². The molecule has 6 nitrogen and oxygen atoms in total. The number of carbonyl (C=O) groups is 2. The molecule has 2 rings (SSSR count). The van der Waals surface area contributed by atoms with Crippen LogP contribution in [0.5, 0.6) is 0 Å². The molecule has 1 aromatic carbocycles. The highest BCUT2D eigenvalue weighted by Gasteiger charge is 2.05. The van der Waals surface area contributed by atoms with Gasteiger partial charge in [0.2, 0.25) is 5.91 Å². The number of benzene rings is 1. The molecule has 0 unspecified atom stereocenters. The molecule has 7 heteroatoms. The fourth-order valence-corrected chi connectivity index (χ4v) is 1.82. The molecule has 0 bridgehead atoms. The number of halogens is 1. The van der Waals surface area contributed by atoms with Gasteiger partial charge in [-0.1, -0.05) is 15.9 Å². The number of hydrogen-bond donors (Lipinski definition) is 3. The third-order valence-corrected chi connectivity index (χ3v) is 3.06. The molecule has 0 saturated carbocycles. The zero-order valence-electron chi connectivity index (χ0n) is 11.0. The third kappa shape index (κ3) is 5.23. The van der Waals surface area contributed by atoms with Crippen LogP contribution in [0.3, 0.4) is 0 Å². The Labute approximate surface area is 130 Å². The number of aromatic nitrogens is 1. The molecule has 0 spiro atoms. The van der Waals surface area contributed by atoms with Gasteiger partial charge in [-0.2, -0.15) is 0 Å². The fourth-order valence-electron chi connectivity index (χ4n) is 1.55. The van der Waals surface area contributed by atoms with Crippen molar-refractivity contribution in [3.05, 3.63) is 58.8 Å². The molecule has 3 amide bonds. The maximum absolute atomic E-state index is 11.6. The predicted molar refractivity (Wildman–Crippen MR) is 82.4 cm³/mol. The summed E-state index contributed by atoms with van der Waals surface area (Å²) in [5.41, 5.74) is 6.06. The van der Waals surface area contributed by atoms with Crippen LogP contribution in [-0.2, 0) is 11.2 Å². The van der Waals surface area contributed by atoms with Crippen LogP contribution >= 0.6 is 15.9 Å². The number of amides is 3. The first kappa shape index (κ1) is 15.0. The Hall–Kier alpha value is -2.41. The summed E-state index contributed by atoms with van der Waals surface area (Å²) in [6.45, 7) is 0. The Morgan fingerprint density at radius 1 is 1.00 bits per heavy atom. The SMILES string of the molecule is O=C(Cc1ccncc1)NNC(=O)Nc1ccc(Br)cc1. The average molecular weight is 349 g/mol. The van der Waals surface area contributed by atoms with Crippen LogP contribution < -0.4 is 16.2 Å². The first-order valence-electron chi connectivity index (χ1n) is 6.14. The van der Waals surface area contributed by atoms with Crippen molar-refractivity contribution in [3.8, 4) is 0 Å². The van der Waals surface area contributed by atoms with Gasteiger partial charge >= 0.3 is 6.03 Å². The van der Waals surface area contributed by atoms with Gasteiger partial charge in [-0.05, 0) is 42.0 Å². The molecule has 2 aromatic rings. The minimum Gasteiger partial charge on any atom is -0.307 e. The van der Waals surface area contributed by atoms with Crippen molar-refractivity contribution in [1.29, 1.82) is 0 Å². The number of carbonyl (C=O) groups excluding carboxylic acids is 2. The average Bonchev–Trinajstić information content (AvgIpc) is 2.49. The lowest BCUT2D eigenvalue weighted by Crippen LogP contribution is -2.44. The largest absolute Gasteiger partial charge is 0.337 e. The molecule has 1 heterocycles. The standard InChI is InChI=1S/C14H13BrN4O2/c15-11-1-3-12(4-2-11)17-14(21)19-18-13(20)9-10-5-7-16-8-6-10/h1-8H,9H2,(H,18,20)(H2,17,19,21). The summed E-state index contributed by atoms with van der Waals surface area (Å²) in [4.78, 5) is 27.1. The van der Waals surface area contributed by atoms with Gasteiger partial charge in [0, 0.05) is 22.6 Å². The van der Waals surface area contributed by atoms with Crippen molar-refractivity contribution in [2.75, 3.05) is 5.32 Å². The van der Waals surface area contributed by atoms with Gasteiger partial charge in [0.1, 0.15) is 0 Å². The highest BCUT2D eigenvalue weighted by molar-refractivity contribution is 9.10. The smallest absolute Gasteiger partial charge is 0.307 e. The van der Waals surface area contributed by atoms with E-state index in [0.717, 1.165) is 10.0 Å². The Kier molecular flexibility index (Phi) is 5.28. The number of pyridine rings is 1. The fraction of sp³-hybridized carbons (Fsp3) is 0.0714. The van der Waals surface area contributed by atoms with Crippen LogP contribution in [-0.4, -0.2) is 16.9 Å². The Balaban J connectivity index is 1.76. The van der Waals surface area contributed by atoms with Gasteiger partial charge in [0.25, 0.3) is 0 Å². The van der Waals surface area contributed by atoms with Crippen molar-refractivity contribution >= 4 is 33.6 Å². The molecule has 0 aliphatic heterocycles. The number of hydrogen-bond acceptors (Lipinski definition) is 3.